The van der Waals surface area contributed by atoms with Crippen LogP contribution in [0.15, 0.2) is 42.5 Å². The Morgan fingerprint density at radius 2 is 1.92 bits per heavy atom. The number of hydrogen-bond donors (Lipinski definition) is 1. The quantitative estimate of drug-likeness (QED) is 0.566. The molecule has 0 aliphatic carbocycles. The van der Waals surface area contributed by atoms with Gasteiger partial charge in [0.25, 0.3) is 0 Å². The molecule has 0 heterocycles. The molecule has 0 radical (unpaired) electrons. The minimum absolute atomic E-state index is 0.270. The average molecular weight is 416 g/mol. The van der Waals surface area contributed by atoms with Crippen molar-refractivity contribution >= 4 is 41.1 Å². The van der Waals surface area contributed by atoms with Gasteiger partial charge in [0.05, 0.1) is 11.6 Å². The van der Waals surface area contributed by atoms with Crippen LogP contribution in [0.5, 0.6) is 17.2 Å². The largest absolute Gasteiger partial charge is 0.490 e. The van der Waals surface area contributed by atoms with Gasteiger partial charge in [-0.2, -0.15) is 11.8 Å². The van der Waals surface area contributed by atoms with Crippen molar-refractivity contribution in [3.8, 4) is 17.2 Å². The van der Waals surface area contributed by atoms with Crippen LogP contribution >= 0.6 is 35.0 Å². The number of amides is 1. The lowest BCUT2D eigenvalue weighted by molar-refractivity contribution is 0.151. The predicted molar refractivity (Wildman–Crippen MR) is 106 cm³/mol. The van der Waals surface area contributed by atoms with Crippen LogP contribution in [0.1, 0.15) is 0 Å². The Kier molecular flexibility index (Phi) is 8.74. The fraction of sp³-hybridized carbons (Fsp3) is 0.278. The van der Waals surface area contributed by atoms with Crippen molar-refractivity contribution in [3.05, 3.63) is 52.5 Å². The summed E-state index contributed by atoms with van der Waals surface area (Å²) in [5, 5.41) is 3.61. The minimum atomic E-state index is -0.459. The van der Waals surface area contributed by atoms with E-state index in [9.17, 15) is 4.79 Å². The van der Waals surface area contributed by atoms with Crippen molar-refractivity contribution in [1.82, 2.24) is 5.32 Å². The van der Waals surface area contributed by atoms with Gasteiger partial charge in [-0.15, -0.1) is 0 Å². The molecule has 2 aromatic carbocycles. The first-order chi connectivity index (χ1) is 12.6. The van der Waals surface area contributed by atoms with Gasteiger partial charge < -0.3 is 19.5 Å². The first-order valence-electron chi connectivity index (χ1n) is 7.84. The van der Waals surface area contributed by atoms with E-state index in [0.717, 1.165) is 5.75 Å². The molecule has 2 aromatic rings. The van der Waals surface area contributed by atoms with Gasteiger partial charge in [0.1, 0.15) is 30.5 Å². The second kappa shape index (κ2) is 11.1. The molecule has 0 saturated heterocycles. The van der Waals surface area contributed by atoms with E-state index in [2.05, 4.69) is 5.32 Å². The van der Waals surface area contributed by atoms with Gasteiger partial charge in [-0.25, -0.2) is 4.79 Å². The Bertz CT molecular complexity index is 730. The van der Waals surface area contributed by atoms with E-state index < -0.39 is 6.09 Å². The molecule has 0 atom stereocenters. The maximum Gasteiger partial charge on any atom is 0.407 e. The minimum Gasteiger partial charge on any atom is -0.490 e. The fourth-order valence-corrected chi connectivity index (χ4v) is 2.57. The summed E-state index contributed by atoms with van der Waals surface area (Å²) in [6.45, 7) is 0.967. The van der Waals surface area contributed by atoms with Gasteiger partial charge in [-0.05, 0) is 36.6 Å². The van der Waals surface area contributed by atoms with Gasteiger partial charge in [-0.1, -0.05) is 29.3 Å². The van der Waals surface area contributed by atoms with E-state index in [0.29, 0.717) is 40.4 Å². The number of nitrogens with one attached hydrogen (secondary N) is 1. The fourth-order valence-electron chi connectivity index (χ4n) is 1.91. The molecule has 0 unspecified atom stereocenters. The molecule has 0 aliphatic heterocycles. The summed E-state index contributed by atoms with van der Waals surface area (Å²) in [5.74, 6) is 2.46. The van der Waals surface area contributed by atoms with Gasteiger partial charge >= 0.3 is 6.09 Å². The van der Waals surface area contributed by atoms with Crippen molar-refractivity contribution in [1.29, 1.82) is 0 Å². The summed E-state index contributed by atoms with van der Waals surface area (Å²) in [5.41, 5.74) is 0. The number of hydrogen-bond acceptors (Lipinski definition) is 5. The second-order valence-corrected chi connectivity index (χ2v) is 6.88. The molecule has 5 nitrogen and oxygen atoms in total. The number of alkyl carbamates (subject to hydrolysis) is 1. The first kappa shape index (κ1) is 20.6. The number of benzene rings is 2. The van der Waals surface area contributed by atoms with Gasteiger partial charge in [0.2, 0.25) is 0 Å². The molecule has 0 aliphatic rings. The van der Waals surface area contributed by atoms with Crippen molar-refractivity contribution < 1.29 is 19.0 Å². The van der Waals surface area contributed by atoms with Crippen molar-refractivity contribution in [3.63, 3.8) is 0 Å². The van der Waals surface area contributed by atoms with Gasteiger partial charge in [-0.3, -0.25) is 0 Å². The summed E-state index contributed by atoms with van der Waals surface area (Å²) >= 11 is 13.7. The van der Waals surface area contributed by atoms with Crippen LogP contribution in [0.4, 0.5) is 4.79 Å². The molecule has 0 fully saturated rings. The Balaban J connectivity index is 1.77. The highest BCUT2D eigenvalue weighted by atomic mass is 35.5. The topological polar surface area (TPSA) is 56.8 Å². The maximum absolute atomic E-state index is 11.4. The van der Waals surface area contributed by atoms with Crippen LogP contribution in [-0.2, 0) is 4.74 Å². The lowest BCUT2D eigenvalue weighted by Crippen LogP contribution is -2.29. The summed E-state index contributed by atoms with van der Waals surface area (Å²) in [6, 6.07) is 12.2. The lowest BCUT2D eigenvalue weighted by Gasteiger charge is -2.11. The third-order valence-electron chi connectivity index (χ3n) is 3.08. The highest BCUT2D eigenvalue weighted by molar-refractivity contribution is 7.98. The summed E-state index contributed by atoms with van der Waals surface area (Å²) in [4.78, 5) is 11.4. The molecule has 0 bridgehead atoms. The molecule has 2 rings (SSSR count). The van der Waals surface area contributed by atoms with Gasteiger partial charge in [0, 0.05) is 16.8 Å². The lowest BCUT2D eigenvalue weighted by atomic mass is 10.3. The number of ether oxygens (including phenoxy) is 3. The monoisotopic (exact) mass is 415 g/mol. The molecular weight excluding hydrogens is 397 g/mol. The second-order valence-electron chi connectivity index (χ2n) is 5.06. The smallest absolute Gasteiger partial charge is 0.407 e. The summed E-state index contributed by atoms with van der Waals surface area (Å²) in [7, 11) is 0. The number of thioether (sulfide) groups is 1. The summed E-state index contributed by atoms with van der Waals surface area (Å²) < 4.78 is 16.2. The van der Waals surface area contributed by atoms with Crippen LogP contribution in [0.3, 0.4) is 0 Å². The maximum atomic E-state index is 11.4. The third-order valence-corrected chi connectivity index (χ3v) is 4.19. The predicted octanol–water partition coefficient (Wildman–Crippen LogP) is 5.25. The van der Waals surface area contributed by atoms with Crippen LogP contribution in [-0.4, -0.2) is 37.9 Å². The van der Waals surface area contributed by atoms with E-state index in [-0.39, 0.29) is 6.61 Å². The van der Waals surface area contributed by atoms with Crippen molar-refractivity contribution in [2.45, 2.75) is 0 Å². The Labute approximate surface area is 166 Å². The van der Waals surface area contributed by atoms with E-state index in [1.807, 2.05) is 6.26 Å². The Hall–Kier alpha value is -1.76. The molecule has 1 amide bonds. The van der Waals surface area contributed by atoms with Crippen LogP contribution in [0, 0.1) is 0 Å². The van der Waals surface area contributed by atoms with Crippen LogP contribution in [0.2, 0.25) is 10.0 Å². The molecule has 140 valence electrons. The van der Waals surface area contributed by atoms with Gasteiger partial charge in [0.15, 0.2) is 0 Å². The zero-order chi connectivity index (χ0) is 18.8. The molecular formula is C18H19Cl2NO4S. The molecule has 8 heteroatoms. The molecule has 0 spiro atoms. The highest BCUT2D eigenvalue weighted by Gasteiger charge is 2.06. The first-order valence-corrected chi connectivity index (χ1v) is 9.99. The van der Waals surface area contributed by atoms with Crippen LogP contribution < -0.4 is 14.8 Å². The molecule has 0 saturated carbocycles. The van der Waals surface area contributed by atoms with E-state index >= 15 is 0 Å². The van der Waals surface area contributed by atoms with Crippen molar-refractivity contribution in [2.24, 2.45) is 0 Å². The van der Waals surface area contributed by atoms with Crippen LogP contribution in [0.25, 0.3) is 0 Å². The number of carbonyl (C=O) groups excluding carboxylic acids is 1. The number of carbonyl (C=O) groups is 1. The molecule has 0 aromatic heterocycles. The Morgan fingerprint density at radius 3 is 2.65 bits per heavy atom. The molecule has 26 heavy (non-hydrogen) atoms. The van der Waals surface area contributed by atoms with E-state index in [1.54, 1.807) is 54.2 Å². The third kappa shape index (κ3) is 7.23. The van der Waals surface area contributed by atoms with Crippen molar-refractivity contribution in [2.75, 3.05) is 31.8 Å². The Morgan fingerprint density at radius 1 is 1.12 bits per heavy atom. The number of halogens is 2. The van der Waals surface area contributed by atoms with E-state index in [4.69, 9.17) is 37.4 Å². The molecule has 1 N–H and O–H groups in total. The van der Waals surface area contributed by atoms with E-state index in [1.165, 1.54) is 0 Å². The number of rotatable bonds is 9. The standard InChI is InChI=1S/C18H19Cl2NO4S/c1-26-10-9-24-18(22)21-7-8-23-17-6-5-15(12-16(17)20)25-14-4-2-3-13(19)11-14/h2-6,11-12H,7-10H2,1H3,(H,21,22). The normalized spacial score (nSPS) is 10.3. The highest BCUT2D eigenvalue weighted by Crippen LogP contribution is 2.31. The average Bonchev–Trinajstić information content (AvgIpc) is 2.60. The zero-order valence-corrected chi connectivity index (χ0v) is 16.5. The zero-order valence-electron chi connectivity index (χ0n) is 14.2. The SMILES string of the molecule is CSCCOC(=O)NCCOc1ccc(Oc2cccc(Cl)c2)cc1Cl. The summed E-state index contributed by atoms with van der Waals surface area (Å²) in [6.07, 6.45) is 1.49.